The van der Waals surface area contributed by atoms with Crippen molar-refractivity contribution < 1.29 is 18.1 Å². The van der Waals surface area contributed by atoms with Crippen LogP contribution in [0.1, 0.15) is 16.8 Å². The molecule has 0 saturated carbocycles. The Morgan fingerprint density at radius 1 is 1.12 bits per heavy atom. The van der Waals surface area contributed by atoms with Crippen LogP contribution in [0.15, 0.2) is 47.0 Å². The van der Waals surface area contributed by atoms with Gasteiger partial charge in [-0.3, -0.25) is 4.79 Å². The molecule has 0 fully saturated rings. The minimum atomic E-state index is -0.748. The minimum Gasteiger partial charge on any atom is -0.356 e. The Morgan fingerprint density at radius 3 is 2.64 bits per heavy atom. The average Bonchev–Trinajstić information content (AvgIpc) is 2.98. The van der Waals surface area contributed by atoms with E-state index in [1.807, 2.05) is 32.0 Å². The average molecular weight is 342 g/mol. The lowest BCUT2D eigenvalue weighted by molar-refractivity contribution is -0.115. The highest BCUT2D eigenvalue weighted by Crippen LogP contribution is 2.24. The van der Waals surface area contributed by atoms with Crippen molar-refractivity contribution in [3.05, 3.63) is 70.9 Å². The molecule has 0 spiro atoms. The number of carbonyl (C=O) groups is 1. The molecule has 1 N–H and O–H groups in total. The van der Waals surface area contributed by atoms with E-state index in [9.17, 15) is 13.6 Å². The Balaban J connectivity index is 1.71. The van der Waals surface area contributed by atoms with Crippen LogP contribution in [0.3, 0.4) is 0 Å². The standard InChI is InChI=1S/C19H16F2N2O2/c1-11-3-6-17(12(2)7-11)22-19(24)10-14-9-18(25-23-14)15-5-4-13(20)8-16(15)21/h3-9H,10H2,1-2H3,(H,22,24). The molecule has 0 aliphatic rings. The monoisotopic (exact) mass is 342 g/mol. The van der Waals surface area contributed by atoms with Crippen LogP contribution < -0.4 is 5.32 Å². The van der Waals surface area contributed by atoms with Crippen molar-refractivity contribution in [2.24, 2.45) is 0 Å². The molecule has 6 heteroatoms. The summed E-state index contributed by atoms with van der Waals surface area (Å²) in [6.07, 6.45) is -0.0143. The fourth-order valence-electron chi connectivity index (χ4n) is 2.52. The van der Waals surface area contributed by atoms with Gasteiger partial charge in [-0.25, -0.2) is 8.78 Å². The second kappa shape index (κ2) is 6.84. The molecule has 1 amide bonds. The number of hydrogen-bond donors (Lipinski definition) is 1. The van der Waals surface area contributed by atoms with Gasteiger partial charge in [0.15, 0.2) is 5.76 Å². The van der Waals surface area contributed by atoms with Crippen LogP contribution in [0.4, 0.5) is 14.5 Å². The third-order valence-electron chi connectivity index (χ3n) is 3.75. The van der Waals surface area contributed by atoms with Gasteiger partial charge < -0.3 is 9.84 Å². The highest BCUT2D eigenvalue weighted by atomic mass is 19.1. The number of carbonyl (C=O) groups excluding carboxylic acids is 1. The van der Waals surface area contributed by atoms with E-state index < -0.39 is 11.6 Å². The van der Waals surface area contributed by atoms with E-state index in [0.717, 1.165) is 28.9 Å². The number of benzene rings is 2. The fourth-order valence-corrected chi connectivity index (χ4v) is 2.52. The first-order valence-electron chi connectivity index (χ1n) is 7.70. The number of hydrogen-bond acceptors (Lipinski definition) is 3. The number of nitrogens with zero attached hydrogens (tertiary/aromatic N) is 1. The van der Waals surface area contributed by atoms with Crippen LogP contribution >= 0.6 is 0 Å². The molecule has 0 saturated heterocycles. The fraction of sp³-hybridized carbons (Fsp3) is 0.158. The predicted molar refractivity (Wildman–Crippen MR) is 90.1 cm³/mol. The van der Waals surface area contributed by atoms with E-state index in [1.165, 1.54) is 12.1 Å². The van der Waals surface area contributed by atoms with Crippen LogP contribution in [0, 0.1) is 25.5 Å². The van der Waals surface area contributed by atoms with Crippen molar-refractivity contribution in [1.29, 1.82) is 0 Å². The van der Waals surface area contributed by atoms with Crippen molar-refractivity contribution in [1.82, 2.24) is 5.16 Å². The zero-order valence-corrected chi connectivity index (χ0v) is 13.8. The van der Waals surface area contributed by atoms with Gasteiger partial charge in [-0.05, 0) is 37.6 Å². The molecular formula is C19H16F2N2O2. The molecule has 4 nitrogen and oxygen atoms in total. The maximum atomic E-state index is 13.8. The van der Waals surface area contributed by atoms with Gasteiger partial charge in [0.05, 0.1) is 17.7 Å². The van der Waals surface area contributed by atoms with Crippen molar-refractivity contribution in [3.8, 4) is 11.3 Å². The van der Waals surface area contributed by atoms with Gasteiger partial charge in [-0.2, -0.15) is 0 Å². The summed E-state index contributed by atoms with van der Waals surface area (Å²) in [6, 6.07) is 10.4. The summed E-state index contributed by atoms with van der Waals surface area (Å²) in [5.74, 6) is -1.53. The van der Waals surface area contributed by atoms with Crippen molar-refractivity contribution in [2.75, 3.05) is 5.32 Å². The minimum absolute atomic E-state index is 0.0143. The first-order valence-corrected chi connectivity index (χ1v) is 7.70. The van der Waals surface area contributed by atoms with Gasteiger partial charge in [-0.1, -0.05) is 22.9 Å². The Morgan fingerprint density at radius 2 is 1.92 bits per heavy atom. The lowest BCUT2D eigenvalue weighted by Crippen LogP contribution is -2.15. The SMILES string of the molecule is Cc1ccc(NC(=O)Cc2cc(-c3ccc(F)cc3F)on2)c(C)c1. The quantitative estimate of drug-likeness (QED) is 0.764. The molecule has 3 aromatic rings. The summed E-state index contributed by atoms with van der Waals surface area (Å²) in [5, 5.41) is 6.59. The lowest BCUT2D eigenvalue weighted by atomic mass is 10.1. The number of amides is 1. The topological polar surface area (TPSA) is 55.1 Å². The molecule has 3 rings (SSSR count). The van der Waals surface area contributed by atoms with Crippen LogP contribution in [-0.4, -0.2) is 11.1 Å². The van der Waals surface area contributed by atoms with Gasteiger partial charge in [0, 0.05) is 17.8 Å². The van der Waals surface area contributed by atoms with Crippen molar-refractivity contribution >= 4 is 11.6 Å². The van der Waals surface area contributed by atoms with Gasteiger partial charge in [0.1, 0.15) is 11.6 Å². The Labute approximate surface area is 143 Å². The summed E-state index contributed by atoms with van der Waals surface area (Å²) in [4.78, 5) is 12.2. The molecule has 0 radical (unpaired) electrons. The van der Waals surface area contributed by atoms with Crippen LogP contribution in [0.5, 0.6) is 0 Å². The summed E-state index contributed by atoms with van der Waals surface area (Å²) < 4.78 is 31.8. The van der Waals surface area contributed by atoms with Gasteiger partial charge >= 0.3 is 0 Å². The van der Waals surface area contributed by atoms with Crippen molar-refractivity contribution in [2.45, 2.75) is 20.3 Å². The zero-order valence-electron chi connectivity index (χ0n) is 13.8. The lowest BCUT2D eigenvalue weighted by Gasteiger charge is -2.08. The molecule has 0 aliphatic carbocycles. The molecule has 0 bridgehead atoms. The van der Waals surface area contributed by atoms with E-state index >= 15 is 0 Å². The number of aryl methyl sites for hydroxylation is 2. The first kappa shape index (κ1) is 16.8. The summed E-state index contributed by atoms with van der Waals surface area (Å²) in [7, 11) is 0. The summed E-state index contributed by atoms with van der Waals surface area (Å²) >= 11 is 0. The second-order valence-electron chi connectivity index (χ2n) is 5.85. The molecular weight excluding hydrogens is 326 g/mol. The van der Waals surface area contributed by atoms with E-state index in [1.54, 1.807) is 0 Å². The molecule has 128 valence electrons. The van der Waals surface area contributed by atoms with E-state index in [4.69, 9.17) is 4.52 Å². The Bertz CT molecular complexity index is 935. The number of aromatic nitrogens is 1. The maximum Gasteiger partial charge on any atom is 0.230 e. The smallest absolute Gasteiger partial charge is 0.230 e. The van der Waals surface area contributed by atoms with Gasteiger partial charge in [0.2, 0.25) is 5.91 Å². The molecule has 25 heavy (non-hydrogen) atoms. The van der Waals surface area contributed by atoms with Crippen LogP contribution in [0.2, 0.25) is 0 Å². The van der Waals surface area contributed by atoms with E-state index in [0.29, 0.717) is 5.69 Å². The highest BCUT2D eigenvalue weighted by molar-refractivity contribution is 5.92. The van der Waals surface area contributed by atoms with Gasteiger partial charge in [-0.15, -0.1) is 0 Å². The number of anilines is 1. The first-order chi connectivity index (χ1) is 11.9. The molecule has 1 heterocycles. The third-order valence-corrected chi connectivity index (χ3v) is 3.75. The van der Waals surface area contributed by atoms with Crippen LogP contribution in [0.25, 0.3) is 11.3 Å². The number of halogens is 2. The maximum absolute atomic E-state index is 13.8. The van der Waals surface area contributed by atoms with Gasteiger partial charge in [0.25, 0.3) is 0 Å². The van der Waals surface area contributed by atoms with E-state index in [-0.39, 0.29) is 23.7 Å². The zero-order chi connectivity index (χ0) is 18.0. The number of rotatable bonds is 4. The molecule has 0 aliphatic heterocycles. The second-order valence-corrected chi connectivity index (χ2v) is 5.85. The third kappa shape index (κ3) is 3.91. The molecule has 0 atom stereocenters. The van der Waals surface area contributed by atoms with Crippen molar-refractivity contribution in [3.63, 3.8) is 0 Å². The highest BCUT2D eigenvalue weighted by Gasteiger charge is 2.14. The predicted octanol–water partition coefficient (Wildman–Crippen LogP) is 4.42. The molecule has 2 aromatic carbocycles. The summed E-state index contributed by atoms with van der Waals surface area (Å²) in [5.41, 5.74) is 3.25. The normalized spacial score (nSPS) is 10.7. The van der Waals surface area contributed by atoms with Crippen LogP contribution in [-0.2, 0) is 11.2 Å². The Kier molecular flexibility index (Phi) is 4.61. The molecule has 0 unspecified atom stereocenters. The number of nitrogens with one attached hydrogen (secondary N) is 1. The largest absolute Gasteiger partial charge is 0.356 e. The summed E-state index contributed by atoms with van der Waals surface area (Å²) in [6.45, 7) is 3.89. The Hall–Kier alpha value is -3.02. The molecule has 1 aromatic heterocycles. The van der Waals surface area contributed by atoms with E-state index in [2.05, 4.69) is 10.5 Å².